The molecule has 1 unspecified atom stereocenters. The van der Waals surface area contributed by atoms with E-state index in [2.05, 4.69) is 29.3 Å². The van der Waals surface area contributed by atoms with E-state index in [9.17, 15) is 14.4 Å². The van der Waals surface area contributed by atoms with Gasteiger partial charge in [-0.25, -0.2) is 9.59 Å². The minimum atomic E-state index is -1.26. The molecular formula is C27H34ClN3O7. The maximum Gasteiger partial charge on any atom is 0.328 e. The Balaban J connectivity index is 0.000000550. The maximum absolute atomic E-state index is 12.8. The Kier molecular flexibility index (Phi) is 13.1. The minimum Gasteiger partial charge on any atom is -0.493 e. The molecule has 0 aliphatic carbocycles. The van der Waals surface area contributed by atoms with Crippen molar-refractivity contribution in [3.63, 3.8) is 0 Å². The molecule has 5 N–H and O–H groups in total. The number of unbranched alkanes of at least 4 members (excludes halogenated alkanes) is 1. The van der Waals surface area contributed by atoms with Crippen molar-refractivity contribution in [3.05, 3.63) is 70.8 Å². The van der Waals surface area contributed by atoms with Gasteiger partial charge in [0.05, 0.1) is 35.6 Å². The number of anilines is 1. The number of carbonyl (C=O) groups is 3. The van der Waals surface area contributed by atoms with Crippen LogP contribution in [0.3, 0.4) is 0 Å². The highest BCUT2D eigenvalue weighted by atomic mass is 35.5. The highest BCUT2D eigenvalue weighted by molar-refractivity contribution is 6.33. The van der Waals surface area contributed by atoms with Gasteiger partial charge in [0, 0.05) is 44.4 Å². The van der Waals surface area contributed by atoms with Gasteiger partial charge in [-0.3, -0.25) is 9.69 Å². The Morgan fingerprint density at radius 3 is 2.50 bits per heavy atom. The molecule has 2 aromatic carbocycles. The SMILES string of the molecule is CCCCOc1cc(N)c(Cl)cc1C(=O)NCC1CN(Cc2ccccc2)CCO1.O=C(O)/C=C/C(=O)O. The highest BCUT2D eigenvalue weighted by Crippen LogP contribution is 2.29. The van der Waals surface area contributed by atoms with Gasteiger partial charge in [0.2, 0.25) is 0 Å². The number of ether oxygens (including phenoxy) is 2. The van der Waals surface area contributed by atoms with E-state index in [0.717, 1.165) is 32.5 Å². The lowest BCUT2D eigenvalue weighted by Crippen LogP contribution is -2.47. The Morgan fingerprint density at radius 2 is 1.87 bits per heavy atom. The van der Waals surface area contributed by atoms with Crippen LogP contribution in [0.15, 0.2) is 54.6 Å². The largest absolute Gasteiger partial charge is 0.493 e. The number of carbonyl (C=O) groups excluding carboxylic acids is 1. The second-order valence-electron chi connectivity index (χ2n) is 8.51. The molecule has 38 heavy (non-hydrogen) atoms. The number of carboxylic acid groups (broad SMARTS) is 2. The molecule has 0 saturated carbocycles. The Bertz CT molecular complexity index is 1080. The molecule has 2 aromatic rings. The van der Waals surface area contributed by atoms with Gasteiger partial charge < -0.3 is 30.7 Å². The molecule has 1 saturated heterocycles. The molecule has 1 aliphatic rings. The summed E-state index contributed by atoms with van der Waals surface area (Å²) in [5.74, 6) is -2.30. The predicted molar refractivity (Wildman–Crippen MR) is 144 cm³/mol. The number of carboxylic acids is 2. The smallest absolute Gasteiger partial charge is 0.328 e. The van der Waals surface area contributed by atoms with Gasteiger partial charge in [0.1, 0.15) is 5.75 Å². The fraction of sp³-hybridized carbons (Fsp3) is 0.370. The molecule has 0 aromatic heterocycles. The highest BCUT2D eigenvalue weighted by Gasteiger charge is 2.22. The molecule has 10 nitrogen and oxygen atoms in total. The summed E-state index contributed by atoms with van der Waals surface area (Å²) in [6.07, 6.45) is 2.95. The van der Waals surface area contributed by atoms with Gasteiger partial charge in [-0.05, 0) is 18.1 Å². The van der Waals surface area contributed by atoms with Gasteiger partial charge in [0.15, 0.2) is 0 Å². The molecule has 11 heteroatoms. The molecule has 0 radical (unpaired) electrons. The number of rotatable bonds is 11. The van der Waals surface area contributed by atoms with Crippen LogP contribution in [0.1, 0.15) is 35.7 Å². The monoisotopic (exact) mass is 547 g/mol. The lowest BCUT2D eigenvalue weighted by Gasteiger charge is -2.33. The third kappa shape index (κ3) is 11.2. The van der Waals surface area contributed by atoms with Gasteiger partial charge in [0.25, 0.3) is 5.91 Å². The van der Waals surface area contributed by atoms with Crippen LogP contribution in [0.5, 0.6) is 5.75 Å². The van der Waals surface area contributed by atoms with Crippen molar-refractivity contribution in [1.82, 2.24) is 10.2 Å². The van der Waals surface area contributed by atoms with E-state index in [4.69, 9.17) is 37.0 Å². The van der Waals surface area contributed by atoms with Crippen LogP contribution >= 0.6 is 11.6 Å². The summed E-state index contributed by atoms with van der Waals surface area (Å²) in [5.41, 5.74) is 7.95. The third-order valence-electron chi connectivity index (χ3n) is 5.43. The van der Waals surface area contributed by atoms with Gasteiger partial charge in [-0.1, -0.05) is 55.3 Å². The number of aliphatic carboxylic acids is 2. The Hall–Kier alpha value is -3.60. The molecule has 0 spiro atoms. The van der Waals surface area contributed by atoms with E-state index in [0.29, 0.717) is 53.9 Å². The van der Waals surface area contributed by atoms with Crippen molar-refractivity contribution in [2.75, 3.05) is 38.6 Å². The molecule has 1 heterocycles. The van der Waals surface area contributed by atoms with E-state index in [1.165, 1.54) is 5.56 Å². The lowest BCUT2D eigenvalue weighted by atomic mass is 10.1. The molecule has 1 amide bonds. The molecular weight excluding hydrogens is 514 g/mol. The van der Waals surface area contributed by atoms with Gasteiger partial charge >= 0.3 is 11.9 Å². The van der Waals surface area contributed by atoms with Crippen molar-refractivity contribution in [2.24, 2.45) is 0 Å². The average Bonchev–Trinajstić information content (AvgIpc) is 2.89. The normalized spacial score (nSPS) is 15.4. The van der Waals surface area contributed by atoms with Crippen LogP contribution in [-0.2, 0) is 20.9 Å². The van der Waals surface area contributed by atoms with Gasteiger partial charge in [-0.2, -0.15) is 0 Å². The second kappa shape index (κ2) is 16.3. The third-order valence-corrected chi connectivity index (χ3v) is 5.76. The number of morpholine rings is 1. The minimum absolute atomic E-state index is 0.0693. The molecule has 1 fully saturated rings. The second-order valence-corrected chi connectivity index (χ2v) is 8.91. The number of nitrogens with zero attached hydrogens (tertiary/aromatic N) is 1. The maximum atomic E-state index is 12.8. The zero-order valence-corrected chi connectivity index (χ0v) is 22.0. The topological polar surface area (TPSA) is 151 Å². The number of nitrogens with one attached hydrogen (secondary N) is 1. The van der Waals surface area contributed by atoms with Crippen LogP contribution in [0.4, 0.5) is 5.69 Å². The van der Waals surface area contributed by atoms with Gasteiger partial charge in [-0.15, -0.1) is 0 Å². The van der Waals surface area contributed by atoms with E-state index < -0.39 is 11.9 Å². The lowest BCUT2D eigenvalue weighted by molar-refractivity contribution is -0.134. The quantitative estimate of drug-likeness (QED) is 0.188. The Morgan fingerprint density at radius 1 is 1.18 bits per heavy atom. The Labute approximate surface area is 227 Å². The zero-order chi connectivity index (χ0) is 27.9. The van der Waals surface area contributed by atoms with Crippen molar-refractivity contribution in [2.45, 2.75) is 32.4 Å². The summed E-state index contributed by atoms with van der Waals surface area (Å²) in [6.45, 7) is 6.18. The number of hydrogen-bond acceptors (Lipinski definition) is 7. The van der Waals surface area contributed by atoms with Crippen molar-refractivity contribution in [1.29, 1.82) is 0 Å². The van der Waals surface area contributed by atoms with E-state index in [1.54, 1.807) is 12.1 Å². The first-order valence-electron chi connectivity index (χ1n) is 12.2. The van der Waals surface area contributed by atoms with Crippen LogP contribution in [0.2, 0.25) is 5.02 Å². The summed E-state index contributed by atoms with van der Waals surface area (Å²) in [4.78, 5) is 34.3. The first-order valence-corrected chi connectivity index (χ1v) is 12.6. The molecule has 0 bridgehead atoms. The average molecular weight is 548 g/mol. The molecule has 206 valence electrons. The summed E-state index contributed by atoms with van der Waals surface area (Å²) < 4.78 is 11.6. The van der Waals surface area contributed by atoms with Crippen LogP contribution in [0.25, 0.3) is 0 Å². The van der Waals surface area contributed by atoms with E-state index in [1.807, 2.05) is 18.2 Å². The number of nitrogen functional groups attached to an aromatic ring is 1. The molecule has 1 atom stereocenters. The summed E-state index contributed by atoms with van der Waals surface area (Å²) in [7, 11) is 0. The fourth-order valence-corrected chi connectivity index (χ4v) is 3.69. The van der Waals surface area contributed by atoms with Crippen molar-refractivity contribution < 1.29 is 34.1 Å². The first kappa shape index (κ1) is 30.6. The first-order chi connectivity index (χ1) is 18.2. The number of benzene rings is 2. The summed E-state index contributed by atoms with van der Waals surface area (Å²) in [5, 5.41) is 18.9. The van der Waals surface area contributed by atoms with Crippen molar-refractivity contribution >= 4 is 35.1 Å². The fourth-order valence-electron chi connectivity index (χ4n) is 3.53. The van der Waals surface area contributed by atoms with Crippen molar-refractivity contribution in [3.8, 4) is 5.75 Å². The summed E-state index contributed by atoms with van der Waals surface area (Å²) in [6, 6.07) is 13.5. The predicted octanol–water partition coefficient (Wildman–Crippen LogP) is 3.44. The summed E-state index contributed by atoms with van der Waals surface area (Å²) >= 11 is 6.14. The number of amides is 1. The number of halogens is 1. The standard InChI is InChI=1S/C23H30ClN3O3.C4H4O4/c1-2-3-10-30-22-13-21(25)20(24)12-19(22)23(28)26-14-18-16-27(9-11-29-18)15-17-7-5-4-6-8-17;5-3(6)1-2-4(7)8/h4-8,12-13,18H,2-3,9-11,14-16,25H2,1H3,(H,26,28);1-2H,(H,5,6)(H,7,8)/b;2-1+. The van der Waals surface area contributed by atoms with E-state index in [-0.39, 0.29) is 12.0 Å². The number of hydrogen-bond donors (Lipinski definition) is 4. The molecule has 1 aliphatic heterocycles. The van der Waals surface area contributed by atoms with E-state index >= 15 is 0 Å². The van der Waals surface area contributed by atoms with Crippen LogP contribution in [0, 0.1) is 0 Å². The van der Waals surface area contributed by atoms with Crippen LogP contribution < -0.4 is 15.8 Å². The number of nitrogens with two attached hydrogens (primary N) is 1. The molecule has 3 rings (SSSR count). The van der Waals surface area contributed by atoms with Crippen LogP contribution in [-0.4, -0.2) is 71.9 Å². The zero-order valence-electron chi connectivity index (χ0n) is 21.3.